The van der Waals surface area contributed by atoms with Crippen LogP contribution in [0.4, 0.5) is 0 Å². The summed E-state index contributed by atoms with van der Waals surface area (Å²) in [5.41, 5.74) is 7.91. The molecule has 0 saturated carbocycles. The van der Waals surface area contributed by atoms with Crippen molar-refractivity contribution < 1.29 is 4.79 Å². The maximum atomic E-state index is 12.7. The van der Waals surface area contributed by atoms with Crippen molar-refractivity contribution in [2.24, 2.45) is 5.41 Å². The van der Waals surface area contributed by atoms with Crippen LogP contribution in [0.15, 0.2) is 48.7 Å². The molecule has 7 nitrogen and oxygen atoms in total. The highest BCUT2D eigenvalue weighted by Crippen LogP contribution is 2.40. The Bertz CT molecular complexity index is 1440. The predicted octanol–water partition coefficient (Wildman–Crippen LogP) is 4.98. The van der Waals surface area contributed by atoms with Gasteiger partial charge in [-0.05, 0) is 88.0 Å². The van der Waals surface area contributed by atoms with E-state index < -0.39 is 0 Å². The Morgan fingerprint density at radius 1 is 1.11 bits per heavy atom. The number of carbonyl (C=O) groups excluding carboxylic acids is 1. The quantitative estimate of drug-likeness (QED) is 0.408. The Morgan fingerprint density at radius 2 is 1.86 bits per heavy atom. The van der Waals surface area contributed by atoms with Crippen molar-refractivity contribution in [3.8, 4) is 11.3 Å². The van der Waals surface area contributed by atoms with Crippen LogP contribution in [0.5, 0.6) is 0 Å². The fraction of sp³-hybridized carbons (Fsp3) is 0.433. The number of nitrogens with zero attached hydrogens (tertiary/aromatic N) is 4. The molecule has 1 saturated heterocycles. The molecule has 2 aromatic heterocycles. The van der Waals surface area contributed by atoms with Crippen molar-refractivity contribution in [3.05, 3.63) is 71.0 Å². The highest BCUT2D eigenvalue weighted by Gasteiger charge is 2.32. The van der Waals surface area contributed by atoms with Crippen molar-refractivity contribution in [3.63, 3.8) is 0 Å². The minimum Gasteiger partial charge on any atom is -0.349 e. The summed E-state index contributed by atoms with van der Waals surface area (Å²) in [5, 5.41) is 17.1. The van der Waals surface area contributed by atoms with E-state index in [1.807, 2.05) is 28.9 Å². The molecule has 6 rings (SSSR count). The number of rotatable bonds is 5. The second-order valence-electron chi connectivity index (χ2n) is 11.8. The highest BCUT2D eigenvalue weighted by atomic mass is 16.1. The summed E-state index contributed by atoms with van der Waals surface area (Å²) in [6, 6.07) is 14.7. The van der Waals surface area contributed by atoms with Gasteiger partial charge in [0, 0.05) is 40.0 Å². The number of amides is 1. The van der Waals surface area contributed by atoms with Crippen molar-refractivity contribution in [1.82, 2.24) is 30.2 Å². The number of aromatic nitrogens is 4. The summed E-state index contributed by atoms with van der Waals surface area (Å²) in [6.07, 6.45) is 6.22. The van der Waals surface area contributed by atoms with Crippen molar-refractivity contribution in [2.45, 2.75) is 58.5 Å². The number of benzene rings is 2. The lowest BCUT2D eigenvalue weighted by Crippen LogP contribution is -2.43. The minimum absolute atomic E-state index is 0.0133. The number of fused-ring (bicyclic) bond motifs is 2. The van der Waals surface area contributed by atoms with Gasteiger partial charge in [-0.2, -0.15) is 10.2 Å². The molecule has 2 aliphatic rings. The Balaban J connectivity index is 1.18. The van der Waals surface area contributed by atoms with E-state index in [0.29, 0.717) is 5.56 Å². The summed E-state index contributed by atoms with van der Waals surface area (Å²) in [7, 11) is 2.13. The van der Waals surface area contributed by atoms with Gasteiger partial charge in [0.15, 0.2) is 0 Å². The Labute approximate surface area is 218 Å². The summed E-state index contributed by atoms with van der Waals surface area (Å²) in [4.78, 5) is 15.1. The fourth-order valence-corrected chi connectivity index (χ4v) is 5.87. The molecule has 192 valence electrons. The third-order valence-electron chi connectivity index (χ3n) is 8.16. The van der Waals surface area contributed by atoms with Crippen LogP contribution in [0.3, 0.4) is 0 Å². The molecule has 1 aliphatic carbocycles. The Hall–Kier alpha value is -3.45. The van der Waals surface area contributed by atoms with Gasteiger partial charge in [-0.15, -0.1) is 0 Å². The predicted molar refractivity (Wildman–Crippen MR) is 147 cm³/mol. The average Bonchev–Trinajstić information content (AvgIpc) is 3.56. The zero-order chi connectivity index (χ0) is 25.7. The first-order chi connectivity index (χ1) is 17.8. The smallest absolute Gasteiger partial charge is 0.251 e. The number of aromatic amines is 1. The number of carbonyl (C=O) groups is 1. The van der Waals surface area contributed by atoms with Crippen molar-refractivity contribution in [2.75, 3.05) is 20.1 Å². The van der Waals surface area contributed by atoms with Gasteiger partial charge in [-0.3, -0.25) is 14.6 Å². The third-order valence-corrected chi connectivity index (χ3v) is 8.16. The largest absolute Gasteiger partial charge is 0.349 e. The molecule has 0 spiro atoms. The van der Waals surface area contributed by atoms with Gasteiger partial charge < -0.3 is 10.2 Å². The van der Waals surface area contributed by atoms with E-state index in [1.54, 1.807) is 0 Å². The fourth-order valence-electron chi connectivity index (χ4n) is 5.87. The van der Waals surface area contributed by atoms with Crippen molar-refractivity contribution >= 4 is 16.8 Å². The summed E-state index contributed by atoms with van der Waals surface area (Å²) < 4.78 is 2.01. The van der Waals surface area contributed by atoms with E-state index in [-0.39, 0.29) is 23.4 Å². The van der Waals surface area contributed by atoms with Crippen LogP contribution in [0.1, 0.15) is 66.8 Å². The standard InChI is InChI=1S/C30H36N6O/c1-19(20-5-7-21(8-6-20)29(37)31-24-11-13-35(4)14-12-24)36-18-23-15-22(9-10-26(23)34-36)28-25-16-30(2,3)17-27(25)32-33-28/h5-10,15,18-19,24H,11-14,16-17H2,1-4H3,(H,31,37)(H,32,33). The van der Waals surface area contributed by atoms with Crippen LogP contribution in [0.25, 0.3) is 22.2 Å². The van der Waals surface area contributed by atoms with Gasteiger partial charge in [0.05, 0.1) is 17.3 Å². The van der Waals surface area contributed by atoms with Crippen LogP contribution < -0.4 is 5.32 Å². The van der Waals surface area contributed by atoms with Crippen LogP contribution >= 0.6 is 0 Å². The lowest BCUT2D eigenvalue weighted by molar-refractivity contribution is 0.0917. The molecule has 37 heavy (non-hydrogen) atoms. The van der Waals surface area contributed by atoms with E-state index in [9.17, 15) is 4.79 Å². The molecule has 3 heterocycles. The first-order valence-corrected chi connectivity index (χ1v) is 13.4. The number of hydrogen-bond donors (Lipinski definition) is 2. The van der Waals surface area contributed by atoms with Gasteiger partial charge in [0.1, 0.15) is 0 Å². The molecule has 0 radical (unpaired) electrons. The molecule has 0 bridgehead atoms. The average molecular weight is 497 g/mol. The summed E-state index contributed by atoms with van der Waals surface area (Å²) >= 11 is 0. The first-order valence-electron chi connectivity index (χ1n) is 13.4. The number of nitrogens with one attached hydrogen (secondary N) is 2. The van der Waals surface area contributed by atoms with E-state index in [0.717, 1.165) is 66.5 Å². The molecule has 2 aromatic carbocycles. The van der Waals surface area contributed by atoms with Gasteiger partial charge in [0.25, 0.3) is 5.91 Å². The maximum absolute atomic E-state index is 12.7. The topological polar surface area (TPSA) is 78.8 Å². The number of piperidine rings is 1. The van der Waals surface area contributed by atoms with Crippen LogP contribution in [0.2, 0.25) is 0 Å². The lowest BCUT2D eigenvalue weighted by atomic mass is 9.90. The van der Waals surface area contributed by atoms with E-state index in [4.69, 9.17) is 5.10 Å². The molecule has 1 unspecified atom stereocenters. The molecular formula is C30H36N6O. The van der Waals surface area contributed by atoms with Gasteiger partial charge in [-0.1, -0.05) is 32.0 Å². The van der Waals surface area contributed by atoms with E-state index in [1.165, 1.54) is 11.3 Å². The molecule has 1 aliphatic heterocycles. The van der Waals surface area contributed by atoms with Gasteiger partial charge in [-0.25, -0.2) is 0 Å². The van der Waals surface area contributed by atoms with Crippen LogP contribution in [-0.4, -0.2) is 57.0 Å². The highest BCUT2D eigenvalue weighted by molar-refractivity contribution is 5.94. The molecule has 7 heteroatoms. The van der Waals surface area contributed by atoms with Crippen LogP contribution in [0, 0.1) is 5.41 Å². The number of likely N-dealkylation sites (tertiary alicyclic amines) is 1. The molecule has 1 atom stereocenters. The number of H-pyrrole nitrogens is 1. The van der Waals surface area contributed by atoms with E-state index >= 15 is 0 Å². The number of hydrogen-bond acceptors (Lipinski definition) is 4. The first kappa shape index (κ1) is 23.9. The zero-order valence-corrected chi connectivity index (χ0v) is 22.2. The third kappa shape index (κ3) is 4.68. The lowest BCUT2D eigenvalue weighted by Gasteiger charge is -2.29. The summed E-state index contributed by atoms with van der Waals surface area (Å²) in [6.45, 7) is 8.83. The monoisotopic (exact) mass is 496 g/mol. The van der Waals surface area contributed by atoms with Gasteiger partial charge >= 0.3 is 0 Å². The molecule has 4 aromatic rings. The van der Waals surface area contributed by atoms with E-state index in [2.05, 4.69) is 72.6 Å². The molecule has 1 amide bonds. The maximum Gasteiger partial charge on any atom is 0.251 e. The second kappa shape index (κ2) is 9.14. The second-order valence-corrected chi connectivity index (χ2v) is 11.8. The summed E-state index contributed by atoms with van der Waals surface area (Å²) in [5.74, 6) is 0.0133. The SMILES string of the molecule is CC(c1ccc(C(=O)NC2CCN(C)CC2)cc1)n1cc2cc(-c3n[nH]c4c3CC(C)(C)C4)ccc2n1. The molecule has 1 fully saturated rings. The van der Waals surface area contributed by atoms with Crippen LogP contribution in [-0.2, 0) is 12.8 Å². The van der Waals surface area contributed by atoms with Gasteiger partial charge in [0.2, 0.25) is 0 Å². The normalized spacial score (nSPS) is 18.7. The molecular weight excluding hydrogens is 460 g/mol. The Kier molecular flexibility index (Phi) is 5.91. The minimum atomic E-state index is 0.0133. The zero-order valence-electron chi connectivity index (χ0n) is 22.2. The Morgan fingerprint density at radius 3 is 2.62 bits per heavy atom. The molecule has 2 N–H and O–H groups in total. The van der Waals surface area contributed by atoms with Crippen molar-refractivity contribution in [1.29, 1.82) is 0 Å².